The monoisotopic (exact) mass is 280 g/mol. The van der Waals surface area contributed by atoms with Crippen molar-refractivity contribution >= 4 is 0 Å². The largest absolute Gasteiger partial charge is 0.0613 e. The van der Waals surface area contributed by atoms with Crippen LogP contribution in [0, 0.1) is 20.8 Å². The van der Waals surface area contributed by atoms with Gasteiger partial charge in [0.2, 0.25) is 0 Å². The molecular weight excluding hydrogens is 252 g/mol. The van der Waals surface area contributed by atoms with E-state index in [9.17, 15) is 0 Å². The Morgan fingerprint density at radius 3 is 1.43 bits per heavy atom. The standard InChI is InChI=1S/C21H28/c1-7-17-12-20(13-18(8-2)16(17)6)19-10-14(4)21(9-3)15(5)11-19/h10-13H,7-9H2,1-6H3. The zero-order chi connectivity index (χ0) is 15.6. The molecule has 0 amide bonds. The first-order valence-electron chi connectivity index (χ1n) is 8.24. The summed E-state index contributed by atoms with van der Waals surface area (Å²) in [5.41, 5.74) is 11.5. The first-order valence-corrected chi connectivity index (χ1v) is 8.24. The van der Waals surface area contributed by atoms with Gasteiger partial charge in [0.05, 0.1) is 0 Å². The average Bonchev–Trinajstić information content (AvgIpc) is 2.47. The highest BCUT2D eigenvalue weighted by atomic mass is 14.1. The van der Waals surface area contributed by atoms with Crippen molar-refractivity contribution in [2.24, 2.45) is 0 Å². The van der Waals surface area contributed by atoms with Crippen LogP contribution in [0.3, 0.4) is 0 Å². The number of aryl methyl sites for hydroxylation is 4. The normalized spacial score (nSPS) is 11.0. The maximum atomic E-state index is 2.38. The zero-order valence-corrected chi connectivity index (χ0v) is 14.4. The maximum Gasteiger partial charge on any atom is -0.0178 e. The predicted molar refractivity (Wildman–Crippen MR) is 94.2 cm³/mol. The van der Waals surface area contributed by atoms with Crippen molar-refractivity contribution in [2.45, 2.75) is 60.8 Å². The van der Waals surface area contributed by atoms with Gasteiger partial charge < -0.3 is 0 Å². The third kappa shape index (κ3) is 3.05. The fourth-order valence-electron chi connectivity index (χ4n) is 3.46. The van der Waals surface area contributed by atoms with Crippen molar-refractivity contribution in [3.63, 3.8) is 0 Å². The Bertz CT molecular complexity index is 599. The Morgan fingerprint density at radius 1 is 0.619 bits per heavy atom. The van der Waals surface area contributed by atoms with Gasteiger partial charge in [-0.25, -0.2) is 0 Å². The van der Waals surface area contributed by atoms with Crippen LogP contribution in [0.4, 0.5) is 0 Å². The van der Waals surface area contributed by atoms with Gasteiger partial charge in [-0.3, -0.25) is 0 Å². The molecule has 0 fully saturated rings. The molecule has 0 saturated heterocycles. The minimum absolute atomic E-state index is 1.11. The van der Waals surface area contributed by atoms with Crippen molar-refractivity contribution in [1.82, 2.24) is 0 Å². The Morgan fingerprint density at radius 2 is 1.05 bits per heavy atom. The van der Waals surface area contributed by atoms with Gasteiger partial charge in [0.25, 0.3) is 0 Å². The lowest BCUT2D eigenvalue weighted by Crippen LogP contribution is -1.97. The van der Waals surface area contributed by atoms with E-state index in [1.54, 1.807) is 0 Å². The summed E-state index contributed by atoms with van der Waals surface area (Å²) in [4.78, 5) is 0. The molecule has 0 aliphatic heterocycles. The second kappa shape index (κ2) is 6.47. The van der Waals surface area contributed by atoms with Crippen molar-refractivity contribution in [3.8, 4) is 11.1 Å². The van der Waals surface area contributed by atoms with E-state index in [1.165, 1.54) is 44.5 Å². The van der Waals surface area contributed by atoms with Crippen molar-refractivity contribution < 1.29 is 0 Å². The maximum absolute atomic E-state index is 2.38. The van der Waals surface area contributed by atoms with Crippen molar-refractivity contribution in [2.75, 3.05) is 0 Å². The molecule has 0 nitrogen and oxygen atoms in total. The van der Waals surface area contributed by atoms with E-state index >= 15 is 0 Å². The van der Waals surface area contributed by atoms with E-state index in [2.05, 4.69) is 65.8 Å². The Labute approximate surface area is 130 Å². The first kappa shape index (κ1) is 15.8. The molecule has 0 N–H and O–H groups in total. The van der Waals surface area contributed by atoms with E-state index in [0.717, 1.165) is 19.3 Å². The summed E-state index contributed by atoms with van der Waals surface area (Å²) in [6, 6.07) is 9.48. The first-order chi connectivity index (χ1) is 10.0. The summed E-state index contributed by atoms with van der Waals surface area (Å²) in [7, 11) is 0. The molecule has 0 heteroatoms. The van der Waals surface area contributed by atoms with Gasteiger partial charge in [0, 0.05) is 0 Å². The number of hydrogen-bond acceptors (Lipinski definition) is 0. The second-order valence-corrected chi connectivity index (χ2v) is 6.07. The lowest BCUT2D eigenvalue weighted by atomic mass is 9.90. The molecular formula is C21H28. The highest BCUT2D eigenvalue weighted by Crippen LogP contribution is 2.29. The molecule has 0 bridgehead atoms. The minimum Gasteiger partial charge on any atom is -0.0613 e. The molecule has 0 atom stereocenters. The van der Waals surface area contributed by atoms with E-state index in [4.69, 9.17) is 0 Å². The Hall–Kier alpha value is -1.56. The number of hydrogen-bond donors (Lipinski definition) is 0. The van der Waals surface area contributed by atoms with Gasteiger partial charge in [-0.2, -0.15) is 0 Å². The molecule has 112 valence electrons. The number of benzene rings is 2. The van der Waals surface area contributed by atoms with Crippen LogP contribution in [0.5, 0.6) is 0 Å². The molecule has 0 saturated carbocycles. The van der Waals surface area contributed by atoms with E-state index < -0.39 is 0 Å². The van der Waals surface area contributed by atoms with Gasteiger partial charge in [0.15, 0.2) is 0 Å². The van der Waals surface area contributed by atoms with Crippen LogP contribution < -0.4 is 0 Å². The van der Waals surface area contributed by atoms with Gasteiger partial charge in [-0.15, -0.1) is 0 Å². The van der Waals surface area contributed by atoms with Gasteiger partial charge >= 0.3 is 0 Å². The van der Waals surface area contributed by atoms with Gasteiger partial charge in [-0.1, -0.05) is 45.0 Å². The average molecular weight is 280 g/mol. The molecule has 0 radical (unpaired) electrons. The fourth-order valence-corrected chi connectivity index (χ4v) is 3.46. The molecule has 0 aliphatic rings. The SMILES string of the molecule is CCc1cc(-c2cc(C)c(CC)c(C)c2)cc(CC)c1C. The van der Waals surface area contributed by atoms with Crippen molar-refractivity contribution in [1.29, 1.82) is 0 Å². The summed E-state index contributed by atoms with van der Waals surface area (Å²) < 4.78 is 0. The molecule has 0 aromatic heterocycles. The summed E-state index contributed by atoms with van der Waals surface area (Å²) in [5.74, 6) is 0. The van der Waals surface area contributed by atoms with Crippen LogP contribution in [-0.2, 0) is 19.3 Å². The van der Waals surface area contributed by atoms with Gasteiger partial charge in [0.1, 0.15) is 0 Å². The molecule has 0 heterocycles. The molecule has 0 unspecified atom stereocenters. The highest BCUT2D eigenvalue weighted by Gasteiger charge is 2.09. The summed E-state index contributed by atoms with van der Waals surface area (Å²) in [6.07, 6.45) is 3.33. The Kier molecular flexibility index (Phi) is 4.88. The summed E-state index contributed by atoms with van der Waals surface area (Å²) >= 11 is 0. The van der Waals surface area contributed by atoms with Crippen LogP contribution in [-0.4, -0.2) is 0 Å². The second-order valence-electron chi connectivity index (χ2n) is 6.07. The molecule has 2 aromatic carbocycles. The predicted octanol–water partition coefficient (Wildman–Crippen LogP) is 5.97. The lowest BCUT2D eigenvalue weighted by molar-refractivity contribution is 1.05. The summed E-state index contributed by atoms with van der Waals surface area (Å²) in [5, 5.41) is 0. The van der Waals surface area contributed by atoms with E-state index in [1.807, 2.05) is 0 Å². The third-order valence-corrected chi connectivity index (χ3v) is 4.77. The molecule has 0 aliphatic carbocycles. The topological polar surface area (TPSA) is 0 Å². The van der Waals surface area contributed by atoms with Crippen molar-refractivity contribution in [3.05, 3.63) is 57.6 Å². The fraction of sp³-hybridized carbons (Fsp3) is 0.429. The minimum atomic E-state index is 1.11. The Balaban J connectivity index is 2.62. The van der Waals surface area contributed by atoms with E-state index in [0.29, 0.717) is 0 Å². The highest BCUT2D eigenvalue weighted by molar-refractivity contribution is 5.69. The van der Waals surface area contributed by atoms with Crippen LogP contribution in [0.15, 0.2) is 24.3 Å². The zero-order valence-electron chi connectivity index (χ0n) is 14.4. The smallest absolute Gasteiger partial charge is 0.0178 e. The molecule has 0 spiro atoms. The van der Waals surface area contributed by atoms with Gasteiger partial charge in [-0.05, 0) is 84.5 Å². The third-order valence-electron chi connectivity index (χ3n) is 4.77. The quantitative estimate of drug-likeness (QED) is 0.647. The van der Waals surface area contributed by atoms with Crippen LogP contribution in [0.1, 0.15) is 54.2 Å². The summed E-state index contributed by atoms with van der Waals surface area (Å²) in [6.45, 7) is 13.5. The van der Waals surface area contributed by atoms with Crippen LogP contribution in [0.2, 0.25) is 0 Å². The van der Waals surface area contributed by atoms with E-state index in [-0.39, 0.29) is 0 Å². The van der Waals surface area contributed by atoms with Crippen LogP contribution >= 0.6 is 0 Å². The molecule has 21 heavy (non-hydrogen) atoms. The molecule has 2 rings (SSSR count). The number of rotatable bonds is 4. The lowest BCUT2D eigenvalue weighted by Gasteiger charge is -2.15. The van der Waals surface area contributed by atoms with Crippen LogP contribution in [0.25, 0.3) is 11.1 Å². The molecule has 2 aromatic rings.